The zero-order valence-electron chi connectivity index (χ0n) is 11.4. The van der Waals surface area contributed by atoms with Crippen molar-refractivity contribution in [2.45, 2.75) is 38.5 Å². The minimum absolute atomic E-state index is 0.490. The first-order chi connectivity index (χ1) is 9.74. The maximum atomic E-state index is 5.99. The lowest BCUT2D eigenvalue weighted by atomic mass is 9.97. The lowest BCUT2D eigenvalue weighted by Crippen LogP contribution is -1.97. The van der Waals surface area contributed by atoms with E-state index in [4.69, 9.17) is 10.3 Å². The van der Waals surface area contributed by atoms with Gasteiger partial charge in [0.1, 0.15) is 5.76 Å². The van der Waals surface area contributed by atoms with Crippen LogP contribution in [0.2, 0.25) is 0 Å². The van der Waals surface area contributed by atoms with E-state index in [-0.39, 0.29) is 0 Å². The highest BCUT2D eigenvalue weighted by Gasteiger charge is 2.19. The fourth-order valence-electron chi connectivity index (χ4n) is 3.10. The number of nitrogens with zero attached hydrogens (tertiary/aromatic N) is 1. The molecule has 0 bridgehead atoms. The summed E-state index contributed by atoms with van der Waals surface area (Å²) in [6.45, 7) is 0. The summed E-state index contributed by atoms with van der Waals surface area (Å²) >= 11 is 3.50. The van der Waals surface area contributed by atoms with Crippen LogP contribution in [0.4, 0.5) is 5.82 Å². The molecular weight excluding hydrogens is 316 g/mol. The van der Waals surface area contributed by atoms with Crippen molar-refractivity contribution in [3.05, 3.63) is 34.5 Å². The molecule has 0 aliphatic heterocycles. The third kappa shape index (κ3) is 2.90. The monoisotopic (exact) mass is 334 g/mol. The average Bonchev–Trinajstić information content (AvgIpc) is 3.06. The SMILES string of the molecule is Nc1noc(CCC2CCCC2)c1-c1cccc(Br)c1. The average molecular weight is 335 g/mol. The fraction of sp³-hybridized carbons (Fsp3) is 0.438. The van der Waals surface area contributed by atoms with Crippen LogP contribution in [0.5, 0.6) is 0 Å². The number of benzene rings is 1. The van der Waals surface area contributed by atoms with Gasteiger partial charge in [-0.3, -0.25) is 0 Å². The zero-order chi connectivity index (χ0) is 13.9. The van der Waals surface area contributed by atoms with Crippen LogP contribution in [0.15, 0.2) is 33.3 Å². The number of halogens is 1. The number of nitrogens with two attached hydrogens (primary N) is 1. The molecule has 106 valence electrons. The summed E-state index contributed by atoms with van der Waals surface area (Å²) in [6, 6.07) is 8.12. The molecule has 0 amide bonds. The van der Waals surface area contributed by atoms with Crippen molar-refractivity contribution in [2.24, 2.45) is 5.92 Å². The van der Waals surface area contributed by atoms with E-state index in [2.05, 4.69) is 27.2 Å². The molecule has 2 N–H and O–H groups in total. The Bertz CT molecular complexity index is 588. The van der Waals surface area contributed by atoms with Gasteiger partial charge in [0.05, 0.1) is 5.56 Å². The maximum Gasteiger partial charge on any atom is 0.175 e. The molecule has 4 heteroatoms. The molecule has 1 saturated carbocycles. The molecule has 1 heterocycles. The summed E-state index contributed by atoms with van der Waals surface area (Å²) < 4.78 is 6.50. The molecule has 3 nitrogen and oxygen atoms in total. The summed E-state index contributed by atoms with van der Waals surface area (Å²) in [4.78, 5) is 0. The molecule has 0 spiro atoms. The minimum Gasteiger partial charge on any atom is -0.380 e. The normalized spacial score (nSPS) is 15.8. The summed E-state index contributed by atoms with van der Waals surface area (Å²) in [5.74, 6) is 2.26. The predicted molar refractivity (Wildman–Crippen MR) is 84.3 cm³/mol. The van der Waals surface area contributed by atoms with Crippen LogP contribution in [-0.4, -0.2) is 5.16 Å². The molecule has 0 radical (unpaired) electrons. The first kappa shape index (κ1) is 13.7. The Labute approximate surface area is 127 Å². The van der Waals surface area contributed by atoms with Gasteiger partial charge >= 0.3 is 0 Å². The molecule has 1 aromatic heterocycles. The van der Waals surface area contributed by atoms with Crippen LogP contribution in [-0.2, 0) is 6.42 Å². The highest BCUT2D eigenvalue weighted by atomic mass is 79.9. The third-order valence-corrected chi connectivity index (χ3v) is 4.65. The van der Waals surface area contributed by atoms with Crippen molar-refractivity contribution in [3.8, 4) is 11.1 Å². The van der Waals surface area contributed by atoms with Crippen molar-refractivity contribution >= 4 is 21.7 Å². The van der Waals surface area contributed by atoms with Crippen LogP contribution in [0.25, 0.3) is 11.1 Å². The van der Waals surface area contributed by atoms with Crippen LogP contribution >= 0.6 is 15.9 Å². The second-order valence-corrected chi connectivity index (χ2v) is 6.48. The lowest BCUT2D eigenvalue weighted by Gasteiger charge is -2.08. The minimum atomic E-state index is 0.490. The highest BCUT2D eigenvalue weighted by Crippen LogP contribution is 2.34. The van der Waals surface area contributed by atoms with E-state index in [1.54, 1.807) is 0 Å². The largest absolute Gasteiger partial charge is 0.380 e. The van der Waals surface area contributed by atoms with Gasteiger partial charge in [-0.25, -0.2) is 0 Å². The molecule has 1 aliphatic carbocycles. The van der Waals surface area contributed by atoms with Gasteiger partial charge in [0.2, 0.25) is 0 Å². The molecule has 1 aliphatic rings. The molecule has 0 unspecified atom stereocenters. The molecule has 2 aromatic rings. The summed E-state index contributed by atoms with van der Waals surface area (Å²) in [6.07, 6.45) is 7.57. The van der Waals surface area contributed by atoms with Crippen molar-refractivity contribution in [3.63, 3.8) is 0 Å². The molecule has 1 aromatic carbocycles. The Morgan fingerprint density at radius 3 is 2.85 bits per heavy atom. The Balaban J connectivity index is 1.81. The smallest absolute Gasteiger partial charge is 0.175 e. The van der Waals surface area contributed by atoms with Crippen molar-refractivity contribution in [1.82, 2.24) is 5.16 Å². The molecule has 0 saturated heterocycles. The third-order valence-electron chi connectivity index (χ3n) is 4.16. The van der Waals surface area contributed by atoms with E-state index in [0.29, 0.717) is 5.82 Å². The second kappa shape index (κ2) is 6.00. The number of hydrogen-bond acceptors (Lipinski definition) is 3. The first-order valence-corrected chi connectivity index (χ1v) is 8.03. The quantitative estimate of drug-likeness (QED) is 0.872. The zero-order valence-corrected chi connectivity index (χ0v) is 13.0. The maximum absolute atomic E-state index is 5.99. The first-order valence-electron chi connectivity index (χ1n) is 7.24. The number of rotatable bonds is 4. The predicted octanol–water partition coefficient (Wildman–Crippen LogP) is 4.81. The molecule has 1 fully saturated rings. The van der Waals surface area contributed by atoms with E-state index in [9.17, 15) is 0 Å². The van der Waals surface area contributed by atoms with Crippen LogP contribution in [0.1, 0.15) is 37.9 Å². The van der Waals surface area contributed by atoms with Gasteiger partial charge in [-0.15, -0.1) is 0 Å². The summed E-state index contributed by atoms with van der Waals surface area (Å²) in [7, 11) is 0. The van der Waals surface area contributed by atoms with Gasteiger partial charge in [-0.1, -0.05) is 58.9 Å². The van der Waals surface area contributed by atoms with E-state index >= 15 is 0 Å². The number of hydrogen-bond donors (Lipinski definition) is 1. The topological polar surface area (TPSA) is 52.0 Å². The molecule has 0 atom stereocenters. The van der Waals surface area contributed by atoms with Crippen LogP contribution in [0, 0.1) is 5.92 Å². The van der Waals surface area contributed by atoms with E-state index in [1.165, 1.54) is 32.1 Å². The molecule has 20 heavy (non-hydrogen) atoms. The van der Waals surface area contributed by atoms with E-state index < -0.39 is 0 Å². The molecular formula is C16H19BrN2O. The van der Waals surface area contributed by atoms with Gasteiger partial charge in [-0.05, 0) is 30.0 Å². The van der Waals surface area contributed by atoms with Gasteiger partial charge in [0.15, 0.2) is 5.82 Å². The van der Waals surface area contributed by atoms with E-state index in [0.717, 1.165) is 33.7 Å². The number of aryl methyl sites for hydroxylation is 1. The summed E-state index contributed by atoms with van der Waals surface area (Å²) in [5, 5.41) is 3.96. The lowest BCUT2D eigenvalue weighted by molar-refractivity contribution is 0.370. The Hall–Kier alpha value is -1.29. The van der Waals surface area contributed by atoms with Gasteiger partial charge in [0, 0.05) is 10.9 Å². The Morgan fingerprint density at radius 2 is 2.10 bits per heavy atom. The standard InChI is InChI=1S/C16H19BrN2O/c17-13-7-3-6-12(10-13)15-14(20-19-16(15)18)9-8-11-4-1-2-5-11/h3,6-7,10-11H,1-2,4-5,8-9H2,(H2,18,19). The Morgan fingerprint density at radius 1 is 1.30 bits per heavy atom. The number of nitrogen functional groups attached to an aromatic ring is 1. The van der Waals surface area contributed by atoms with Crippen LogP contribution in [0.3, 0.4) is 0 Å². The van der Waals surface area contributed by atoms with Gasteiger partial charge in [-0.2, -0.15) is 0 Å². The van der Waals surface area contributed by atoms with Crippen molar-refractivity contribution in [1.29, 1.82) is 0 Å². The van der Waals surface area contributed by atoms with Gasteiger partial charge in [0.25, 0.3) is 0 Å². The second-order valence-electron chi connectivity index (χ2n) is 5.57. The Kier molecular flexibility index (Phi) is 4.10. The fourth-order valence-corrected chi connectivity index (χ4v) is 3.50. The summed E-state index contributed by atoms with van der Waals surface area (Å²) in [5.41, 5.74) is 8.02. The molecule has 3 rings (SSSR count). The number of anilines is 1. The van der Waals surface area contributed by atoms with Crippen LogP contribution < -0.4 is 5.73 Å². The number of aromatic nitrogens is 1. The van der Waals surface area contributed by atoms with E-state index in [1.807, 2.05) is 18.2 Å². The van der Waals surface area contributed by atoms with Gasteiger partial charge < -0.3 is 10.3 Å². The van der Waals surface area contributed by atoms with Crippen molar-refractivity contribution < 1.29 is 4.52 Å². The van der Waals surface area contributed by atoms with Crippen molar-refractivity contribution in [2.75, 3.05) is 5.73 Å². The highest BCUT2D eigenvalue weighted by molar-refractivity contribution is 9.10.